The quantitative estimate of drug-likeness (QED) is 0.669. The number of rotatable bonds is 10. The standard InChI is InChI=1S/C21H30N2O3/c1-5-16(4)20-12-19(26-23-20)11-10-17-8-6-7-9-21(17)25-14-18(24)13-22-15(2)3/h6-12,15-16,18,22,24H,5,13-14H2,1-4H3. The number of aromatic nitrogens is 1. The summed E-state index contributed by atoms with van der Waals surface area (Å²) in [6, 6.07) is 10.0. The van der Waals surface area contributed by atoms with Gasteiger partial charge < -0.3 is 19.7 Å². The van der Waals surface area contributed by atoms with Crippen molar-refractivity contribution in [1.29, 1.82) is 0 Å². The zero-order valence-electron chi connectivity index (χ0n) is 16.1. The molecule has 0 radical (unpaired) electrons. The second-order valence-corrected chi connectivity index (χ2v) is 6.86. The van der Waals surface area contributed by atoms with E-state index in [4.69, 9.17) is 9.26 Å². The molecule has 0 saturated carbocycles. The van der Waals surface area contributed by atoms with E-state index in [2.05, 4.69) is 24.3 Å². The van der Waals surface area contributed by atoms with Crippen molar-refractivity contribution < 1.29 is 14.4 Å². The molecule has 26 heavy (non-hydrogen) atoms. The van der Waals surface area contributed by atoms with Gasteiger partial charge in [0.05, 0.1) is 5.69 Å². The predicted octanol–water partition coefficient (Wildman–Crippen LogP) is 4.10. The summed E-state index contributed by atoms with van der Waals surface area (Å²) in [5, 5.41) is 17.3. The highest BCUT2D eigenvalue weighted by molar-refractivity contribution is 5.70. The first-order chi connectivity index (χ1) is 12.5. The molecule has 0 saturated heterocycles. The first kappa shape index (κ1) is 20.2. The molecule has 0 aliphatic rings. The van der Waals surface area contributed by atoms with Crippen LogP contribution in [0.5, 0.6) is 5.75 Å². The minimum absolute atomic E-state index is 0.241. The highest BCUT2D eigenvalue weighted by Gasteiger charge is 2.10. The number of hydrogen-bond donors (Lipinski definition) is 2. The molecule has 0 fully saturated rings. The van der Waals surface area contributed by atoms with Crippen LogP contribution in [0.25, 0.3) is 12.2 Å². The number of ether oxygens (including phenoxy) is 1. The molecule has 2 N–H and O–H groups in total. The Morgan fingerprint density at radius 1 is 1.23 bits per heavy atom. The zero-order valence-corrected chi connectivity index (χ0v) is 16.1. The number of nitrogens with zero attached hydrogens (tertiary/aromatic N) is 1. The van der Waals surface area contributed by atoms with Crippen molar-refractivity contribution in [1.82, 2.24) is 10.5 Å². The van der Waals surface area contributed by atoms with Crippen LogP contribution in [0.3, 0.4) is 0 Å². The van der Waals surface area contributed by atoms with E-state index in [1.54, 1.807) is 0 Å². The molecule has 0 aliphatic carbocycles. The number of aliphatic hydroxyl groups is 1. The molecular formula is C21H30N2O3. The van der Waals surface area contributed by atoms with E-state index in [-0.39, 0.29) is 6.61 Å². The molecule has 2 atom stereocenters. The van der Waals surface area contributed by atoms with E-state index >= 15 is 0 Å². The summed E-state index contributed by atoms with van der Waals surface area (Å²) in [5.74, 6) is 1.84. The fraction of sp³-hybridized carbons (Fsp3) is 0.476. The number of para-hydroxylation sites is 1. The fourth-order valence-corrected chi connectivity index (χ4v) is 2.36. The summed E-state index contributed by atoms with van der Waals surface area (Å²) >= 11 is 0. The van der Waals surface area contributed by atoms with E-state index in [0.29, 0.717) is 18.5 Å². The summed E-state index contributed by atoms with van der Waals surface area (Å²) in [6.45, 7) is 9.10. The van der Waals surface area contributed by atoms with Gasteiger partial charge in [0.2, 0.25) is 0 Å². The van der Waals surface area contributed by atoms with Crippen molar-refractivity contribution in [3.8, 4) is 5.75 Å². The number of benzene rings is 1. The third kappa shape index (κ3) is 6.32. The van der Waals surface area contributed by atoms with Crippen molar-refractivity contribution in [3.05, 3.63) is 47.3 Å². The average molecular weight is 358 g/mol. The molecule has 0 bridgehead atoms. The first-order valence-electron chi connectivity index (χ1n) is 9.27. The third-order valence-electron chi connectivity index (χ3n) is 4.20. The van der Waals surface area contributed by atoms with Crippen molar-refractivity contribution in [2.75, 3.05) is 13.2 Å². The van der Waals surface area contributed by atoms with Gasteiger partial charge in [-0.05, 0) is 24.6 Å². The lowest BCUT2D eigenvalue weighted by atomic mass is 10.1. The van der Waals surface area contributed by atoms with Crippen LogP contribution in [0.15, 0.2) is 34.9 Å². The molecule has 2 rings (SSSR count). The van der Waals surface area contributed by atoms with Crippen LogP contribution in [0, 0.1) is 0 Å². The zero-order chi connectivity index (χ0) is 18.9. The molecule has 1 aromatic heterocycles. The van der Waals surface area contributed by atoms with Gasteiger partial charge in [0.25, 0.3) is 0 Å². The number of aliphatic hydroxyl groups excluding tert-OH is 1. The molecule has 5 heteroatoms. The van der Waals surface area contributed by atoms with Crippen LogP contribution in [-0.2, 0) is 0 Å². The Hall–Kier alpha value is -2.11. The predicted molar refractivity (Wildman–Crippen MR) is 105 cm³/mol. The second-order valence-electron chi connectivity index (χ2n) is 6.86. The van der Waals surface area contributed by atoms with Crippen LogP contribution in [0.1, 0.15) is 57.1 Å². The molecule has 0 amide bonds. The minimum Gasteiger partial charge on any atom is -0.490 e. The monoisotopic (exact) mass is 358 g/mol. The van der Waals surface area contributed by atoms with Crippen LogP contribution in [0.4, 0.5) is 0 Å². The number of nitrogens with one attached hydrogen (secondary N) is 1. The lowest BCUT2D eigenvalue weighted by Gasteiger charge is -2.16. The molecule has 1 aromatic carbocycles. The Morgan fingerprint density at radius 3 is 2.73 bits per heavy atom. The van der Waals surface area contributed by atoms with Crippen molar-refractivity contribution in [2.24, 2.45) is 0 Å². The fourth-order valence-electron chi connectivity index (χ4n) is 2.36. The smallest absolute Gasteiger partial charge is 0.159 e. The molecule has 0 aliphatic heterocycles. The van der Waals surface area contributed by atoms with E-state index < -0.39 is 6.10 Å². The molecule has 1 heterocycles. The third-order valence-corrected chi connectivity index (χ3v) is 4.20. The van der Waals surface area contributed by atoms with Crippen molar-refractivity contribution >= 4 is 12.2 Å². The first-order valence-corrected chi connectivity index (χ1v) is 9.27. The van der Waals surface area contributed by atoms with Crippen LogP contribution in [-0.4, -0.2) is 35.6 Å². The normalized spacial score (nSPS) is 14.1. The van der Waals surface area contributed by atoms with Crippen molar-refractivity contribution in [3.63, 3.8) is 0 Å². The topological polar surface area (TPSA) is 67.5 Å². The Bertz CT molecular complexity index is 694. The molecule has 142 valence electrons. The van der Waals surface area contributed by atoms with Crippen LogP contribution >= 0.6 is 0 Å². The molecule has 5 nitrogen and oxygen atoms in total. The maximum atomic E-state index is 10.0. The molecular weight excluding hydrogens is 328 g/mol. The average Bonchev–Trinajstić information content (AvgIpc) is 3.12. The van der Waals surface area contributed by atoms with Gasteiger partial charge in [-0.1, -0.05) is 51.1 Å². The van der Waals surface area contributed by atoms with Gasteiger partial charge in [-0.25, -0.2) is 0 Å². The lowest BCUT2D eigenvalue weighted by molar-refractivity contribution is 0.104. The van der Waals surface area contributed by atoms with Gasteiger partial charge in [0, 0.05) is 30.1 Å². The SMILES string of the molecule is CCC(C)c1cc(C=Cc2ccccc2OCC(O)CNC(C)C)on1. The maximum absolute atomic E-state index is 10.0. The molecule has 2 unspecified atom stereocenters. The Labute approximate surface area is 156 Å². The van der Waals surface area contributed by atoms with E-state index in [9.17, 15) is 5.11 Å². The second kappa shape index (κ2) is 10.1. The van der Waals surface area contributed by atoms with Gasteiger partial charge in [0.1, 0.15) is 18.5 Å². The molecule has 0 spiro atoms. The van der Waals surface area contributed by atoms with Crippen molar-refractivity contribution in [2.45, 2.75) is 52.2 Å². The largest absolute Gasteiger partial charge is 0.490 e. The summed E-state index contributed by atoms with van der Waals surface area (Å²) in [5.41, 5.74) is 1.90. The summed E-state index contributed by atoms with van der Waals surface area (Å²) < 4.78 is 11.2. The van der Waals surface area contributed by atoms with Gasteiger partial charge >= 0.3 is 0 Å². The Balaban J connectivity index is 1.98. The summed E-state index contributed by atoms with van der Waals surface area (Å²) in [4.78, 5) is 0. The van der Waals surface area contributed by atoms with E-state index in [0.717, 1.165) is 29.2 Å². The molecule has 2 aromatic rings. The highest BCUT2D eigenvalue weighted by atomic mass is 16.5. The van der Waals surface area contributed by atoms with E-state index in [1.807, 2.05) is 56.3 Å². The van der Waals surface area contributed by atoms with Crippen LogP contribution in [0.2, 0.25) is 0 Å². The van der Waals surface area contributed by atoms with Gasteiger partial charge in [-0.15, -0.1) is 0 Å². The highest BCUT2D eigenvalue weighted by Crippen LogP contribution is 2.23. The maximum Gasteiger partial charge on any atom is 0.159 e. The van der Waals surface area contributed by atoms with Gasteiger partial charge in [-0.2, -0.15) is 0 Å². The number of hydrogen-bond acceptors (Lipinski definition) is 5. The minimum atomic E-state index is -0.554. The summed E-state index contributed by atoms with van der Waals surface area (Å²) in [6.07, 6.45) is 4.30. The Kier molecular flexibility index (Phi) is 7.88. The summed E-state index contributed by atoms with van der Waals surface area (Å²) in [7, 11) is 0. The lowest BCUT2D eigenvalue weighted by Crippen LogP contribution is -2.35. The van der Waals surface area contributed by atoms with Gasteiger partial charge in [0.15, 0.2) is 5.76 Å². The van der Waals surface area contributed by atoms with E-state index in [1.165, 1.54) is 0 Å². The Morgan fingerprint density at radius 2 is 2.00 bits per heavy atom. The van der Waals surface area contributed by atoms with Crippen LogP contribution < -0.4 is 10.1 Å². The van der Waals surface area contributed by atoms with Gasteiger partial charge in [-0.3, -0.25) is 0 Å².